The van der Waals surface area contributed by atoms with Crippen LogP contribution in [0.5, 0.6) is 0 Å². The Morgan fingerprint density at radius 2 is 0.515 bits per heavy atom. The zero-order valence-corrected chi connectivity index (χ0v) is 46.9. The number of hydrogen-bond acceptors (Lipinski definition) is 6. The molecular formula is C62H120O6. The predicted octanol–water partition coefficient (Wildman–Crippen LogP) is 20.3. The average molecular weight is 962 g/mol. The van der Waals surface area contributed by atoms with Gasteiger partial charge in [0, 0.05) is 19.3 Å². The van der Waals surface area contributed by atoms with E-state index in [0.29, 0.717) is 19.3 Å². The Bertz CT molecular complexity index is 1060. The Kier molecular flexibility index (Phi) is 52.0. The molecule has 0 radical (unpaired) electrons. The number of esters is 3. The fourth-order valence-electron chi connectivity index (χ4n) is 9.47. The lowest BCUT2D eigenvalue weighted by Crippen LogP contribution is -2.30. The maximum absolute atomic E-state index is 12.9. The van der Waals surface area contributed by atoms with E-state index in [2.05, 4.69) is 41.5 Å². The number of carbonyl (C=O) groups excluding carboxylic acids is 3. The normalized spacial score (nSPS) is 12.9. The third-order valence-corrected chi connectivity index (χ3v) is 14.9. The summed E-state index contributed by atoms with van der Waals surface area (Å²) in [6.45, 7) is 13.8. The SMILES string of the molecule is CCC(C)CCCCCCCCCCCCCCCCCCCCC(=O)OC[C@H](COC(=O)CCCCCCCCCCC(C)CC)OC(=O)CCCCCCCCCCCCCCCC(C)C. The number of carbonyl (C=O) groups is 3. The van der Waals surface area contributed by atoms with Crippen LogP contribution < -0.4 is 0 Å². The number of hydrogen-bond donors (Lipinski definition) is 0. The summed E-state index contributed by atoms with van der Waals surface area (Å²) in [4.78, 5) is 38.2. The summed E-state index contributed by atoms with van der Waals surface area (Å²) in [5, 5.41) is 0. The third kappa shape index (κ3) is 52.2. The molecule has 0 heterocycles. The Morgan fingerprint density at radius 1 is 0.294 bits per heavy atom. The monoisotopic (exact) mass is 961 g/mol. The molecule has 0 spiro atoms. The van der Waals surface area contributed by atoms with Crippen LogP contribution >= 0.6 is 0 Å². The minimum absolute atomic E-state index is 0.0634. The van der Waals surface area contributed by atoms with Gasteiger partial charge in [-0.2, -0.15) is 0 Å². The highest BCUT2D eigenvalue weighted by atomic mass is 16.6. The lowest BCUT2D eigenvalue weighted by Gasteiger charge is -2.18. The van der Waals surface area contributed by atoms with Crippen LogP contribution in [-0.2, 0) is 28.6 Å². The van der Waals surface area contributed by atoms with Gasteiger partial charge in [0.15, 0.2) is 6.10 Å². The molecule has 6 nitrogen and oxygen atoms in total. The molecule has 0 aromatic carbocycles. The molecule has 404 valence electrons. The Hall–Kier alpha value is -1.59. The second-order valence-corrected chi connectivity index (χ2v) is 22.3. The quantitative estimate of drug-likeness (QED) is 0.0343. The van der Waals surface area contributed by atoms with Crippen LogP contribution in [0.15, 0.2) is 0 Å². The van der Waals surface area contributed by atoms with Crippen LogP contribution in [0.2, 0.25) is 0 Å². The second kappa shape index (κ2) is 53.2. The molecule has 68 heavy (non-hydrogen) atoms. The first-order chi connectivity index (χ1) is 33.2. The average Bonchev–Trinajstić information content (AvgIpc) is 3.33. The van der Waals surface area contributed by atoms with Crippen molar-refractivity contribution in [2.45, 2.75) is 349 Å². The summed E-state index contributed by atoms with van der Waals surface area (Å²) < 4.78 is 16.9. The van der Waals surface area contributed by atoms with Crippen LogP contribution in [-0.4, -0.2) is 37.2 Å². The molecule has 0 bridgehead atoms. The van der Waals surface area contributed by atoms with Crippen molar-refractivity contribution in [2.24, 2.45) is 17.8 Å². The molecule has 6 heteroatoms. The van der Waals surface area contributed by atoms with E-state index in [1.165, 1.54) is 225 Å². The molecule has 3 atom stereocenters. The van der Waals surface area contributed by atoms with Crippen LogP contribution in [0.3, 0.4) is 0 Å². The van der Waals surface area contributed by atoms with Gasteiger partial charge in [0.05, 0.1) is 0 Å². The molecule has 0 fully saturated rings. The van der Waals surface area contributed by atoms with Crippen molar-refractivity contribution in [3.05, 3.63) is 0 Å². The molecule has 0 aromatic heterocycles. The Balaban J connectivity index is 4.24. The van der Waals surface area contributed by atoms with Crippen molar-refractivity contribution in [2.75, 3.05) is 13.2 Å². The van der Waals surface area contributed by atoms with E-state index in [9.17, 15) is 14.4 Å². The van der Waals surface area contributed by atoms with Crippen molar-refractivity contribution in [1.82, 2.24) is 0 Å². The summed E-state index contributed by atoms with van der Waals surface area (Å²) in [7, 11) is 0. The summed E-state index contributed by atoms with van der Waals surface area (Å²) in [6, 6.07) is 0. The van der Waals surface area contributed by atoms with E-state index in [4.69, 9.17) is 14.2 Å². The van der Waals surface area contributed by atoms with E-state index in [-0.39, 0.29) is 31.1 Å². The minimum atomic E-state index is -0.764. The zero-order chi connectivity index (χ0) is 49.8. The highest BCUT2D eigenvalue weighted by Gasteiger charge is 2.19. The Labute approximate surface area is 425 Å². The van der Waals surface area contributed by atoms with Gasteiger partial charge < -0.3 is 14.2 Å². The molecule has 0 aliphatic heterocycles. The Morgan fingerprint density at radius 3 is 0.765 bits per heavy atom. The minimum Gasteiger partial charge on any atom is -0.462 e. The molecular weight excluding hydrogens is 841 g/mol. The summed E-state index contributed by atoms with van der Waals surface area (Å²) in [5.41, 5.74) is 0. The molecule has 2 unspecified atom stereocenters. The van der Waals surface area contributed by atoms with Crippen molar-refractivity contribution < 1.29 is 28.6 Å². The summed E-state index contributed by atoms with van der Waals surface area (Å²) >= 11 is 0. The smallest absolute Gasteiger partial charge is 0.306 e. The van der Waals surface area contributed by atoms with Gasteiger partial charge >= 0.3 is 17.9 Å². The fourth-order valence-corrected chi connectivity index (χ4v) is 9.47. The second-order valence-electron chi connectivity index (χ2n) is 22.3. The maximum Gasteiger partial charge on any atom is 0.306 e. The highest BCUT2D eigenvalue weighted by molar-refractivity contribution is 5.71. The number of unbranched alkanes of at least 4 members (excludes halogenated alkanes) is 36. The molecule has 0 saturated heterocycles. The van der Waals surface area contributed by atoms with Crippen molar-refractivity contribution in [1.29, 1.82) is 0 Å². The van der Waals surface area contributed by atoms with Gasteiger partial charge in [0.25, 0.3) is 0 Å². The van der Waals surface area contributed by atoms with Gasteiger partial charge in [-0.25, -0.2) is 0 Å². The van der Waals surface area contributed by atoms with Gasteiger partial charge in [0.2, 0.25) is 0 Å². The largest absolute Gasteiger partial charge is 0.462 e. The van der Waals surface area contributed by atoms with Crippen LogP contribution in [0, 0.1) is 17.8 Å². The van der Waals surface area contributed by atoms with E-state index in [1.807, 2.05) is 0 Å². The predicted molar refractivity (Wildman–Crippen MR) is 293 cm³/mol. The van der Waals surface area contributed by atoms with E-state index in [0.717, 1.165) is 75.5 Å². The van der Waals surface area contributed by atoms with Gasteiger partial charge in [0.1, 0.15) is 13.2 Å². The van der Waals surface area contributed by atoms with Crippen LogP contribution in [0.4, 0.5) is 0 Å². The lowest BCUT2D eigenvalue weighted by molar-refractivity contribution is -0.167. The summed E-state index contributed by atoms with van der Waals surface area (Å²) in [6.07, 6.45) is 56.6. The van der Waals surface area contributed by atoms with E-state index in [1.54, 1.807) is 0 Å². The summed E-state index contributed by atoms with van der Waals surface area (Å²) in [5.74, 6) is 1.75. The highest BCUT2D eigenvalue weighted by Crippen LogP contribution is 2.19. The number of ether oxygens (including phenoxy) is 3. The first-order valence-corrected chi connectivity index (χ1v) is 30.7. The molecule has 0 rings (SSSR count). The van der Waals surface area contributed by atoms with E-state index >= 15 is 0 Å². The first kappa shape index (κ1) is 66.4. The zero-order valence-electron chi connectivity index (χ0n) is 46.9. The fraction of sp³-hybridized carbons (Fsp3) is 0.952. The molecule has 0 aliphatic rings. The third-order valence-electron chi connectivity index (χ3n) is 14.9. The molecule has 0 aliphatic carbocycles. The van der Waals surface area contributed by atoms with Crippen molar-refractivity contribution >= 4 is 17.9 Å². The van der Waals surface area contributed by atoms with Gasteiger partial charge in [-0.05, 0) is 37.0 Å². The molecule has 0 saturated carbocycles. The van der Waals surface area contributed by atoms with Gasteiger partial charge in [-0.15, -0.1) is 0 Å². The lowest BCUT2D eigenvalue weighted by atomic mass is 9.99. The van der Waals surface area contributed by atoms with Crippen LogP contribution in [0.1, 0.15) is 343 Å². The maximum atomic E-state index is 12.9. The van der Waals surface area contributed by atoms with E-state index < -0.39 is 6.10 Å². The van der Waals surface area contributed by atoms with Crippen molar-refractivity contribution in [3.8, 4) is 0 Å². The van der Waals surface area contributed by atoms with Crippen molar-refractivity contribution in [3.63, 3.8) is 0 Å². The van der Waals surface area contributed by atoms with Crippen LogP contribution in [0.25, 0.3) is 0 Å². The number of rotatable bonds is 55. The standard InChI is InChI=1S/C62H120O6/c1-7-57(5)49-43-37-31-25-21-17-13-11-9-10-12-14-18-22-26-33-39-45-51-60(63)66-54-59(55-67-61(64)52-46-40-34-29-28-32-38-44-50-58(6)8-2)68-62(65)53-47-41-35-27-23-19-15-16-20-24-30-36-42-48-56(3)4/h56-59H,7-55H2,1-6H3/t57?,58?,59-/m1/s1. The van der Waals surface area contributed by atoms with Gasteiger partial charge in [-0.3, -0.25) is 14.4 Å². The molecule has 0 N–H and O–H groups in total. The molecule has 0 aromatic rings. The van der Waals surface area contributed by atoms with Gasteiger partial charge in [-0.1, -0.05) is 305 Å². The topological polar surface area (TPSA) is 78.9 Å². The first-order valence-electron chi connectivity index (χ1n) is 30.7. The molecule has 0 amide bonds.